The summed E-state index contributed by atoms with van der Waals surface area (Å²) in [5, 5.41) is 8.02. The van der Waals surface area contributed by atoms with Gasteiger partial charge in [0.05, 0.1) is 5.51 Å². The molecule has 0 aliphatic rings. The van der Waals surface area contributed by atoms with Crippen molar-refractivity contribution in [1.82, 2.24) is 10.3 Å². The van der Waals surface area contributed by atoms with E-state index >= 15 is 0 Å². The van der Waals surface area contributed by atoms with E-state index in [1.807, 2.05) is 11.7 Å². The molecule has 0 aliphatic heterocycles. The van der Waals surface area contributed by atoms with Gasteiger partial charge in [0, 0.05) is 17.1 Å². The second kappa shape index (κ2) is 6.89. The SMILES string of the molecule is CCCNC(Cc1ccsc1)Cc1cncs1. The zero-order valence-electron chi connectivity index (χ0n) is 10.1. The molecule has 0 aromatic carbocycles. The van der Waals surface area contributed by atoms with Gasteiger partial charge in [0.2, 0.25) is 0 Å². The number of hydrogen-bond donors (Lipinski definition) is 1. The first-order chi connectivity index (χ1) is 8.38. The van der Waals surface area contributed by atoms with Crippen LogP contribution in [-0.4, -0.2) is 17.6 Å². The Morgan fingerprint density at radius 1 is 1.41 bits per heavy atom. The molecular formula is C13H18N2S2. The molecule has 2 nitrogen and oxygen atoms in total. The minimum absolute atomic E-state index is 0.532. The molecule has 17 heavy (non-hydrogen) atoms. The smallest absolute Gasteiger partial charge is 0.0794 e. The number of hydrogen-bond acceptors (Lipinski definition) is 4. The second-order valence-corrected chi connectivity index (χ2v) is 5.91. The zero-order valence-corrected chi connectivity index (χ0v) is 11.7. The van der Waals surface area contributed by atoms with Gasteiger partial charge >= 0.3 is 0 Å². The van der Waals surface area contributed by atoms with Crippen molar-refractivity contribution in [2.24, 2.45) is 0 Å². The lowest BCUT2D eigenvalue weighted by Crippen LogP contribution is -2.33. The fourth-order valence-corrected chi connectivity index (χ4v) is 3.20. The van der Waals surface area contributed by atoms with Gasteiger partial charge < -0.3 is 5.32 Å². The highest BCUT2D eigenvalue weighted by molar-refractivity contribution is 7.09. The van der Waals surface area contributed by atoms with Crippen molar-refractivity contribution in [3.63, 3.8) is 0 Å². The van der Waals surface area contributed by atoms with Crippen LogP contribution in [0.2, 0.25) is 0 Å². The van der Waals surface area contributed by atoms with Gasteiger partial charge in [0.15, 0.2) is 0 Å². The molecule has 2 heterocycles. The van der Waals surface area contributed by atoms with E-state index < -0.39 is 0 Å². The number of nitrogens with zero attached hydrogens (tertiary/aromatic N) is 1. The fourth-order valence-electron chi connectivity index (χ4n) is 1.84. The zero-order chi connectivity index (χ0) is 11.9. The molecule has 0 amide bonds. The van der Waals surface area contributed by atoms with E-state index in [1.54, 1.807) is 22.7 Å². The lowest BCUT2D eigenvalue weighted by Gasteiger charge is -2.17. The topological polar surface area (TPSA) is 24.9 Å². The van der Waals surface area contributed by atoms with E-state index in [-0.39, 0.29) is 0 Å². The maximum Gasteiger partial charge on any atom is 0.0794 e. The largest absolute Gasteiger partial charge is 0.313 e. The molecule has 0 aliphatic carbocycles. The number of thiophene rings is 1. The molecule has 2 aromatic rings. The molecule has 0 saturated carbocycles. The third-order valence-corrected chi connectivity index (χ3v) is 4.21. The van der Waals surface area contributed by atoms with Crippen LogP contribution in [0.4, 0.5) is 0 Å². The highest BCUT2D eigenvalue weighted by Crippen LogP contribution is 2.14. The Labute approximate surface area is 111 Å². The summed E-state index contributed by atoms with van der Waals surface area (Å²) in [5.74, 6) is 0. The molecule has 1 N–H and O–H groups in total. The maximum atomic E-state index is 4.15. The molecule has 1 atom stereocenters. The lowest BCUT2D eigenvalue weighted by atomic mass is 10.1. The van der Waals surface area contributed by atoms with E-state index in [2.05, 4.69) is 34.1 Å². The van der Waals surface area contributed by atoms with Gasteiger partial charge in [-0.25, -0.2) is 0 Å². The molecule has 0 radical (unpaired) electrons. The van der Waals surface area contributed by atoms with Crippen LogP contribution < -0.4 is 5.32 Å². The number of aromatic nitrogens is 1. The van der Waals surface area contributed by atoms with Crippen molar-refractivity contribution in [2.75, 3.05) is 6.54 Å². The van der Waals surface area contributed by atoms with Crippen molar-refractivity contribution in [2.45, 2.75) is 32.2 Å². The van der Waals surface area contributed by atoms with Crippen molar-refractivity contribution in [1.29, 1.82) is 0 Å². The minimum Gasteiger partial charge on any atom is -0.313 e. The number of nitrogens with one attached hydrogen (secondary N) is 1. The summed E-state index contributed by atoms with van der Waals surface area (Å²) in [6.45, 7) is 3.30. The van der Waals surface area contributed by atoms with Crippen molar-refractivity contribution < 1.29 is 0 Å². The van der Waals surface area contributed by atoms with Gasteiger partial charge in [-0.2, -0.15) is 11.3 Å². The first kappa shape index (κ1) is 12.7. The standard InChI is InChI=1S/C13H18N2S2/c1-2-4-15-12(6-11-3-5-16-9-11)7-13-8-14-10-17-13/h3,5,8-10,12,15H,2,4,6-7H2,1H3. The van der Waals surface area contributed by atoms with E-state index in [4.69, 9.17) is 0 Å². The van der Waals surface area contributed by atoms with Gasteiger partial charge in [-0.3, -0.25) is 4.98 Å². The predicted molar refractivity (Wildman–Crippen MR) is 75.9 cm³/mol. The van der Waals surface area contributed by atoms with Gasteiger partial charge in [-0.1, -0.05) is 6.92 Å². The number of thiazole rings is 1. The van der Waals surface area contributed by atoms with Crippen molar-refractivity contribution in [3.8, 4) is 0 Å². The van der Waals surface area contributed by atoms with Crippen LogP contribution in [0, 0.1) is 0 Å². The van der Waals surface area contributed by atoms with Gasteiger partial charge in [0.25, 0.3) is 0 Å². The molecule has 0 spiro atoms. The van der Waals surface area contributed by atoms with E-state index in [1.165, 1.54) is 16.9 Å². The van der Waals surface area contributed by atoms with Gasteiger partial charge in [-0.15, -0.1) is 11.3 Å². The van der Waals surface area contributed by atoms with Crippen molar-refractivity contribution >= 4 is 22.7 Å². The molecule has 92 valence electrons. The average molecular weight is 266 g/mol. The summed E-state index contributed by atoms with van der Waals surface area (Å²) < 4.78 is 0. The van der Waals surface area contributed by atoms with Crippen LogP contribution in [0.25, 0.3) is 0 Å². The summed E-state index contributed by atoms with van der Waals surface area (Å²) in [6.07, 6.45) is 5.36. The number of rotatable bonds is 7. The highest BCUT2D eigenvalue weighted by atomic mass is 32.1. The third-order valence-electron chi connectivity index (χ3n) is 2.68. The summed E-state index contributed by atoms with van der Waals surface area (Å²) in [4.78, 5) is 5.51. The Morgan fingerprint density at radius 2 is 2.35 bits per heavy atom. The summed E-state index contributed by atoms with van der Waals surface area (Å²) >= 11 is 3.52. The molecule has 0 fully saturated rings. The van der Waals surface area contributed by atoms with Crippen molar-refractivity contribution in [3.05, 3.63) is 39.0 Å². The third kappa shape index (κ3) is 4.22. The Bertz CT molecular complexity index is 359. The normalized spacial score (nSPS) is 12.8. The van der Waals surface area contributed by atoms with Crippen LogP contribution >= 0.6 is 22.7 Å². The predicted octanol–water partition coefficient (Wildman–Crippen LogP) is 3.36. The molecule has 1 unspecified atom stereocenters. The molecule has 2 aromatic heterocycles. The van der Waals surface area contributed by atoms with E-state index in [0.29, 0.717) is 6.04 Å². The highest BCUT2D eigenvalue weighted by Gasteiger charge is 2.11. The molecular weight excluding hydrogens is 248 g/mol. The average Bonchev–Trinajstić information content (AvgIpc) is 2.99. The Morgan fingerprint density at radius 3 is 3.00 bits per heavy atom. The van der Waals surface area contributed by atoms with E-state index in [0.717, 1.165) is 19.4 Å². The molecule has 0 saturated heterocycles. The quantitative estimate of drug-likeness (QED) is 0.831. The fraction of sp³-hybridized carbons (Fsp3) is 0.462. The Kier molecular flexibility index (Phi) is 5.16. The first-order valence-corrected chi connectivity index (χ1v) is 7.82. The van der Waals surface area contributed by atoms with Gasteiger partial charge in [-0.05, 0) is 48.2 Å². The second-order valence-electron chi connectivity index (χ2n) is 4.16. The lowest BCUT2D eigenvalue weighted by molar-refractivity contribution is 0.507. The summed E-state index contributed by atoms with van der Waals surface area (Å²) in [5.41, 5.74) is 3.35. The van der Waals surface area contributed by atoms with Gasteiger partial charge in [0.1, 0.15) is 0 Å². The first-order valence-electron chi connectivity index (χ1n) is 6.00. The van der Waals surface area contributed by atoms with Crippen LogP contribution in [0.5, 0.6) is 0 Å². The Hall–Kier alpha value is -0.710. The Balaban J connectivity index is 1.92. The summed E-state index contributed by atoms with van der Waals surface area (Å²) in [6, 6.07) is 2.75. The molecule has 4 heteroatoms. The van der Waals surface area contributed by atoms with E-state index in [9.17, 15) is 0 Å². The summed E-state index contributed by atoms with van der Waals surface area (Å²) in [7, 11) is 0. The van der Waals surface area contributed by atoms with Crippen LogP contribution in [-0.2, 0) is 12.8 Å². The monoisotopic (exact) mass is 266 g/mol. The van der Waals surface area contributed by atoms with Crippen LogP contribution in [0.1, 0.15) is 23.8 Å². The molecule has 0 bridgehead atoms. The van der Waals surface area contributed by atoms with Crippen LogP contribution in [0.15, 0.2) is 28.5 Å². The maximum absolute atomic E-state index is 4.15. The minimum atomic E-state index is 0.532. The molecule has 2 rings (SSSR count). The van der Waals surface area contributed by atoms with Crippen LogP contribution in [0.3, 0.4) is 0 Å².